The average Bonchev–Trinajstić information content (AvgIpc) is 3.42. The predicted octanol–water partition coefficient (Wildman–Crippen LogP) is 1.31. The van der Waals surface area contributed by atoms with Crippen LogP contribution in [0, 0.1) is 0 Å². The second-order valence-electron chi connectivity index (χ2n) is 6.42. The predicted molar refractivity (Wildman–Crippen MR) is 108 cm³/mol. The molecule has 9 nitrogen and oxygen atoms in total. The number of carbonyl (C=O) groups is 2. The smallest absolute Gasteiger partial charge is 0.319 e. The number of hydrogen-bond donors (Lipinski definition) is 3. The van der Waals surface area contributed by atoms with Crippen molar-refractivity contribution in [3.63, 3.8) is 0 Å². The molecule has 0 saturated carbocycles. The van der Waals surface area contributed by atoms with Crippen molar-refractivity contribution in [1.82, 2.24) is 4.98 Å². The third-order valence-corrected chi connectivity index (χ3v) is 4.43. The standard InChI is InChI=1S/C20H23N5O4/c21-10-18(26)28-11-14-6-9-17(29-14)15-7-8-16(24-15)19(23-12-22)25-20(27)13-4-2-1-3-5-13/h1-5,7-8,12,14,17,24H,6,9-11,21H2,(H2,22,23,25,27). The molecule has 0 bridgehead atoms. The molecular weight excluding hydrogens is 374 g/mol. The highest BCUT2D eigenvalue weighted by Gasteiger charge is 2.28. The van der Waals surface area contributed by atoms with Gasteiger partial charge in [0.2, 0.25) is 0 Å². The Labute approximate surface area is 167 Å². The maximum atomic E-state index is 12.4. The molecule has 1 amide bonds. The van der Waals surface area contributed by atoms with Gasteiger partial charge < -0.3 is 25.9 Å². The Kier molecular flexibility index (Phi) is 6.88. The Morgan fingerprint density at radius 1 is 1.21 bits per heavy atom. The molecule has 5 N–H and O–H groups in total. The summed E-state index contributed by atoms with van der Waals surface area (Å²) in [5.74, 6) is -0.692. The van der Waals surface area contributed by atoms with Crippen molar-refractivity contribution in [2.45, 2.75) is 25.0 Å². The number of H-pyrrole nitrogens is 1. The van der Waals surface area contributed by atoms with E-state index in [9.17, 15) is 9.59 Å². The largest absolute Gasteiger partial charge is 0.462 e. The number of aromatic amines is 1. The van der Waals surface area contributed by atoms with Gasteiger partial charge in [0.05, 0.1) is 30.8 Å². The highest BCUT2D eigenvalue weighted by Crippen LogP contribution is 2.32. The van der Waals surface area contributed by atoms with E-state index in [1.54, 1.807) is 30.3 Å². The molecule has 9 heteroatoms. The van der Waals surface area contributed by atoms with E-state index in [2.05, 4.69) is 15.0 Å². The summed E-state index contributed by atoms with van der Waals surface area (Å²) in [6.45, 7) is 0.0253. The van der Waals surface area contributed by atoms with Crippen LogP contribution in [0.1, 0.15) is 40.7 Å². The topological polar surface area (TPSA) is 145 Å². The third-order valence-electron chi connectivity index (χ3n) is 4.43. The number of nitrogens with one attached hydrogen (secondary N) is 1. The van der Waals surface area contributed by atoms with Crippen LogP contribution >= 0.6 is 0 Å². The third kappa shape index (κ3) is 5.37. The maximum Gasteiger partial charge on any atom is 0.319 e. The van der Waals surface area contributed by atoms with E-state index in [1.807, 2.05) is 12.1 Å². The van der Waals surface area contributed by atoms with Crippen LogP contribution < -0.4 is 11.5 Å². The summed E-state index contributed by atoms with van der Waals surface area (Å²) in [5.41, 5.74) is 12.5. The molecule has 2 aromatic rings. The molecule has 1 aromatic heterocycles. The van der Waals surface area contributed by atoms with Crippen LogP contribution in [0.5, 0.6) is 0 Å². The van der Waals surface area contributed by atoms with Gasteiger partial charge in [-0.05, 0) is 37.1 Å². The number of hydrogen-bond acceptors (Lipinski definition) is 5. The van der Waals surface area contributed by atoms with Crippen LogP contribution in [0.2, 0.25) is 0 Å². The SMILES string of the molecule is NC=NC(=NC(=O)c1ccccc1)c1ccc(C2CCC(COC(=O)CN)O2)[nH]1. The normalized spacial score (nSPS) is 19.6. The maximum absolute atomic E-state index is 12.4. The van der Waals surface area contributed by atoms with E-state index in [0.29, 0.717) is 11.3 Å². The summed E-state index contributed by atoms with van der Waals surface area (Å²) < 4.78 is 11.0. The van der Waals surface area contributed by atoms with Crippen LogP contribution in [0.3, 0.4) is 0 Å². The zero-order valence-corrected chi connectivity index (χ0v) is 15.8. The van der Waals surface area contributed by atoms with Gasteiger partial charge in [-0.3, -0.25) is 9.59 Å². The Hall–Kier alpha value is -3.30. The fraction of sp³-hybridized carbons (Fsp3) is 0.300. The first-order chi connectivity index (χ1) is 14.1. The van der Waals surface area contributed by atoms with Crippen molar-refractivity contribution in [1.29, 1.82) is 0 Å². The summed E-state index contributed by atoms with van der Waals surface area (Å²) in [6.07, 6.45) is 2.24. The summed E-state index contributed by atoms with van der Waals surface area (Å²) in [7, 11) is 0. The van der Waals surface area contributed by atoms with E-state index in [1.165, 1.54) is 0 Å². The molecule has 152 valence electrons. The minimum absolute atomic E-state index is 0.151. The van der Waals surface area contributed by atoms with Gasteiger partial charge in [0.25, 0.3) is 5.91 Å². The number of nitrogens with two attached hydrogens (primary N) is 2. The molecule has 1 aromatic carbocycles. The molecule has 2 unspecified atom stereocenters. The number of rotatable bonds is 6. The van der Waals surface area contributed by atoms with Crippen molar-refractivity contribution < 1.29 is 19.1 Å². The van der Waals surface area contributed by atoms with Crippen LogP contribution in [0.15, 0.2) is 52.4 Å². The van der Waals surface area contributed by atoms with Gasteiger partial charge in [0.15, 0.2) is 5.84 Å². The molecular formula is C20H23N5O4. The monoisotopic (exact) mass is 397 g/mol. The van der Waals surface area contributed by atoms with Crippen LogP contribution in [-0.2, 0) is 14.3 Å². The quantitative estimate of drug-likeness (QED) is 0.381. The van der Waals surface area contributed by atoms with Crippen LogP contribution in [-0.4, -0.2) is 48.3 Å². The Morgan fingerprint density at radius 3 is 2.72 bits per heavy atom. The molecule has 0 radical (unpaired) electrons. The summed E-state index contributed by atoms with van der Waals surface area (Å²) >= 11 is 0. The molecule has 2 heterocycles. The van der Waals surface area contributed by atoms with E-state index in [4.69, 9.17) is 20.9 Å². The van der Waals surface area contributed by atoms with Crippen molar-refractivity contribution in [2.75, 3.05) is 13.2 Å². The number of aromatic nitrogens is 1. The van der Waals surface area contributed by atoms with E-state index < -0.39 is 11.9 Å². The van der Waals surface area contributed by atoms with Crippen LogP contribution in [0.4, 0.5) is 0 Å². The van der Waals surface area contributed by atoms with Gasteiger partial charge >= 0.3 is 5.97 Å². The summed E-state index contributed by atoms with van der Waals surface area (Å²) in [4.78, 5) is 34.8. The van der Waals surface area contributed by atoms with Gasteiger partial charge in [0.1, 0.15) is 6.61 Å². The molecule has 3 rings (SSSR count). The number of amides is 1. The lowest BCUT2D eigenvalue weighted by atomic mass is 10.1. The molecule has 1 fully saturated rings. The fourth-order valence-electron chi connectivity index (χ4n) is 3.00. The molecule has 29 heavy (non-hydrogen) atoms. The Balaban J connectivity index is 1.69. The van der Waals surface area contributed by atoms with E-state index in [-0.39, 0.29) is 31.2 Å². The highest BCUT2D eigenvalue weighted by atomic mass is 16.6. The zero-order chi connectivity index (χ0) is 20.6. The van der Waals surface area contributed by atoms with Gasteiger partial charge in [-0.2, -0.15) is 4.99 Å². The molecule has 1 aliphatic rings. The van der Waals surface area contributed by atoms with Crippen molar-refractivity contribution in [2.24, 2.45) is 21.5 Å². The number of benzene rings is 1. The fourth-order valence-corrected chi connectivity index (χ4v) is 3.00. The van der Waals surface area contributed by atoms with Gasteiger partial charge in [-0.25, -0.2) is 4.99 Å². The molecule has 1 aliphatic heterocycles. The van der Waals surface area contributed by atoms with Crippen molar-refractivity contribution in [3.05, 3.63) is 59.4 Å². The van der Waals surface area contributed by atoms with Gasteiger partial charge in [-0.1, -0.05) is 18.2 Å². The average molecular weight is 397 g/mol. The minimum atomic E-state index is -0.456. The molecule has 0 spiro atoms. The first-order valence-electron chi connectivity index (χ1n) is 9.23. The zero-order valence-electron chi connectivity index (χ0n) is 15.8. The number of ether oxygens (including phenoxy) is 2. The molecule has 0 aliphatic carbocycles. The first kappa shape index (κ1) is 20.4. The van der Waals surface area contributed by atoms with Gasteiger partial charge in [-0.15, -0.1) is 0 Å². The lowest BCUT2D eigenvalue weighted by Gasteiger charge is -2.13. The number of nitrogens with zero attached hydrogens (tertiary/aromatic N) is 2. The van der Waals surface area contributed by atoms with E-state index >= 15 is 0 Å². The summed E-state index contributed by atoms with van der Waals surface area (Å²) in [6, 6.07) is 12.3. The summed E-state index contributed by atoms with van der Waals surface area (Å²) in [5, 5.41) is 0. The van der Waals surface area contributed by atoms with E-state index in [0.717, 1.165) is 24.9 Å². The highest BCUT2D eigenvalue weighted by molar-refractivity contribution is 6.10. The lowest BCUT2D eigenvalue weighted by molar-refractivity contribution is -0.145. The van der Waals surface area contributed by atoms with Crippen molar-refractivity contribution >= 4 is 24.1 Å². The number of esters is 1. The lowest BCUT2D eigenvalue weighted by Crippen LogP contribution is -2.23. The molecule has 2 atom stereocenters. The second-order valence-corrected chi connectivity index (χ2v) is 6.42. The minimum Gasteiger partial charge on any atom is -0.462 e. The number of aliphatic imine (C=N–C) groups is 2. The van der Waals surface area contributed by atoms with Gasteiger partial charge in [0, 0.05) is 11.3 Å². The number of carbonyl (C=O) groups excluding carboxylic acids is 2. The van der Waals surface area contributed by atoms with Crippen LogP contribution in [0.25, 0.3) is 0 Å². The Morgan fingerprint density at radius 2 is 2.00 bits per heavy atom. The van der Waals surface area contributed by atoms with Crippen molar-refractivity contribution in [3.8, 4) is 0 Å². The second kappa shape index (κ2) is 9.76. The number of amidine groups is 1. The first-order valence-corrected chi connectivity index (χ1v) is 9.23. The Bertz CT molecular complexity index is 907. The molecule has 1 saturated heterocycles.